The molecule has 142 valence electrons. The number of benzene rings is 1. The van der Waals surface area contributed by atoms with Crippen molar-refractivity contribution < 1.29 is 4.79 Å². The van der Waals surface area contributed by atoms with Crippen LogP contribution in [0, 0.1) is 13.8 Å². The van der Waals surface area contributed by atoms with Gasteiger partial charge in [-0.1, -0.05) is 24.3 Å². The third kappa shape index (κ3) is 3.41. The zero-order chi connectivity index (χ0) is 19.7. The van der Waals surface area contributed by atoms with Crippen LogP contribution in [-0.4, -0.2) is 27.0 Å². The molecule has 6 nitrogen and oxygen atoms in total. The molecule has 0 bridgehead atoms. The number of rotatable bonds is 5. The van der Waals surface area contributed by atoms with Crippen LogP contribution in [0.4, 0.5) is 0 Å². The molecule has 0 atom stereocenters. The number of nitrogens with zero attached hydrogens (tertiary/aromatic N) is 3. The summed E-state index contributed by atoms with van der Waals surface area (Å²) in [4.78, 5) is 35.6. The summed E-state index contributed by atoms with van der Waals surface area (Å²) in [5.74, 6) is -0.207. The van der Waals surface area contributed by atoms with Gasteiger partial charge >= 0.3 is 0 Å². The molecular weight excluding hydrogens is 372 g/mol. The van der Waals surface area contributed by atoms with Gasteiger partial charge in [0.1, 0.15) is 11.4 Å². The third-order valence-electron chi connectivity index (χ3n) is 4.90. The maximum absolute atomic E-state index is 12.7. The number of hydrogen-bond donors (Lipinski definition) is 1. The van der Waals surface area contributed by atoms with Crippen molar-refractivity contribution >= 4 is 38.4 Å². The van der Waals surface area contributed by atoms with Crippen molar-refractivity contribution in [1.82, 2.24) is 19.9 Å². The van der Waals surface area contributed by atoms with E-state index >= 15 is 0 Å². The second-order valence-corrected chi connectivity index (χ2v) is 7.94. The maximum Gasteiger partial charge on any atom is 0.262 e. The van der Waals surface area contributed by atoms with Crippen LogP contribution >= 0.6 is 11.3 Å². The molecule has 0 aliphatic rings. The molecular formula is C21H20N4O2S. The molecule has 0 aliphatic carbocycles. The lowest BCUT2D eigenvalue weighted by molar-refractivity contribution is -0.121. The summed E-state index contributed by atoms with van der Waals surface area (Å²) in [6.45, 7) is 4.33. The van der Waals surface area contributed by atoms with Gasteiger partial charge in [-0.2, -0.15) is 0 Å². The van der Waals surface area contributed by atoms with Crippen molar-refractivity contribution in [2.24, 2.45) is 0 Å². The molecule has 7 heteroatoms. The highest BCUT2D eigenvalue weighted by Crippen LogP contribution is 2.25. The van der Waals surface area contributed by atoms with Crippen LogP contribution in [0.1, 0.15) is 16.0 Å². The van der Waals surface area contributed by atoms with Gasteiger partial charge in [-0.05, 0) is 37.5 Å². The highest BCUT2D eigenvalue weighted by Gasteiger charge is 2.13. The van der Waals surface area contributed by atoms with Crippen molar-refractivity contribution in [3.05, 3.63) is 69.2 Å². The Balaban J connectivity index is 1.44. The molecule has 0 spiro atoms. The van der Waals surface area contributed by atoms with Crippen LogP contribution < -0.4 is 10.9 Å². The first-order valence-electron chi connectivity index (χ1n) is 9.09. The van der Waals surface area contributed by atoms with Gasteiger partial charge in [0.05, 0.1) is 17.2 Å². The molecule has 0 aliphatic heterocycles. The van der Waals surface area contributed by atoms with E-state index in [4.69, 9.17) is 0 Å². The second kappa shape index (κ2) is 7.52. The van der Waals surface area contributed by atoms with Crippen molar-refractivity contribution in [3.63, 3.8) is 0 Å². The van der Waals surface area contributed by atoms with Crippen LogP contribution in [-0.2, 0) is 17.8 Å². The number of thiophene rings is 1. The van der Waals surface area contributed by atoms with Crippen molar-refractivity contribution in [2.45, 2.75) is 26.8 Å². The van der Waals surface area contributed by atoms with E-state index < -0.39 is 0 Å². The van der Waals surface area contributed by atoms with Gasteiger partial charge < -0.3 is 5.32 Å². The van der Waals surface area contributed by atoms with Crippen molar-refractivity contribution in [3.8, 4) is 0 Å². The average Bonchev–Trinajstić information content (AvgIpc) is 2.99. The van der Waals surface area contributed by atoms with E-state index in [0.29, 0.717) is 18.4 Å². The fraction of sp³-hybridized carbons (Fsp3) is 0.238. The van der Waals surface area contributed by atoms with E-state index in [-0.39, 0.29) is 18.0 Å². The molecule has 0 radical (unpaired) electrons. The molecule has 4 aromatic rings. The zero-order valence-electron chi connectivity index (χ0n) is 15.7. The molecule has 1 amide bonds. The Morgan fingerprint density at radius 3 is 2.86 bits per heavy atom. The highest BCUT2D eigenvalue weighted by atomic mass is 32.1. The number of nitrogens with one attached hydrogen (secondary N) is 1. The summed E-state index contributed by atoms with van der Waals surface area (Å²) in [7, 11) is 0. The summed E-state index contributed by atoms with van der Waals surface area (Å²) < 4.78 is 1.37. The Labute approximate surface area is 165 Å². The molecule has 3 aromatic heterocycles. The number of carbonyl (C=O) groups is 1. The molecule has 0 fully saturated rings. The van der Waals surface area contributed by atoms with E-state index in [9.17, 15) is 9.59 Å². The molecule has 1 aromatic carbocycles. The Morgan fingerprint density at radius 1 is 1.18 bits per heavy atom. The van der Waals surface area contributed by atoms with Gasteiger partial charge in [0.2, 0.25) is 5.91 Å². The van der Waals surface area contributed by atoms with Gasteiger partial charge in [-0.3, -0.25) is 19.1 Å². The number of para-hydroxylation sites is 1. The number of aryl methyl sites for hydroxylation is 2. The molecule has 3 heterocycles. The van der Waals surface area contributed by atoms with Gasteiger partial charge in [0, 0.05) is 23.0 Å². The van der Waals surface area contributed by atoms with Gasteiger partial charge in [-0.25, -0.2) is 4.98 Å². The van der Waals surface area contributed by atoms with Crippen LogP contribution in [0.2, 0.25) is 0 Å². The minimum Gasteiger partial charge on any atom is -0.354 e. The second-order valence-electron chi connectivity index (χ2n) is 6.73. The minimum absolute atomic E-state index is 0.0378. The number of fused-ring (bicyclic) bond motifs is 2. The zero-order valence-corrected chi connectivity index (χ0v) is 16.5. The van der Waals surface area contributed by atoms with Crippen LogP contribution in [0.15, 0.2) is 47.7 Å². The highest BCUT2D eigenvalue weighted by molar-refractivity contribution is 7.18. The number of pyridine rings is 1. The predicted octanol–water partition coefficient (Wildman–Crippen LogP) is 2.98. The third-order valence-corrected chi connectivity index (χ3v) is 6.02. The number of aromatic nitrogens is 3. The normalized spacial score (nSPS) is 11.2. The summed E-state index contributed by atoms with van der Waals surface area (Å²) in [5, 5.41) is 4.58. The average molecular weight is 392 g/mol. The predicted molar refractivity (Wildman–Crippen MR) is 112 cm³/mol. The first-order valence-corrected chi connectivity index (χ1v) is 9.90. The quantitative estimate of drug-likeness (QED) is 0.566. The SMILES string of the molecule is Cc1sc2ncn(CC(=O)NCCc3cccc4cccnc34)c(=O)c2c1C. The van der Waals surface area contributed by atoms with E-state index in [1.807, 2.05) is 44.2 Å². The van der Waals surface area contributed by atoms with Gasteiger partial charge in [-0.15, -0.1) is 11.3 Å². The lowest BCUT2D eigenvalue weighted by atomic mass is 10.1. The largest absolute Gasteiger partial charge is 0.354 e. The number of carbonyl (C=O) groups excluding carboxylic acids is 1. The van der Waals surface area contributed by atoms with Crippen molar-refractivity contribution in [1.29, 1.82) is 0 Å². The molecule has 4 rings (SSSR count). The lowest BCUT2D eigenvalue weighted by Gasteiger charge is -2.09. The van der Waals surface area contributed by atoms with Gasteiger partial charge in [0.25, 0.3) is 5.56 Å². The van der Waals surface area contributed by atoms with Crippen LogP contribution in [0.25, 0.3) is 21.1 Å². The summed E-state index contributed by atoms with van der Waals surface area (Å²) in [5.41, 5.74) is 2.81. The number of amides is 1. The topological polar surface area (TPSA) is 76.9 Å². The van der Waals surface area contributed by atoms with Crippen LogP contribution in [0.3, 0.4) is 0 Å². The van der Waals surface area contributed by atoms with Gasteiger partial charge in [0.15, 0.2) is 0 Å². The molecule has 28 heavy (non-hydrogen) atoms. The van der Waals surface area contributed by atoms with E-state index in [2.05, 4.69) is 15.3 Å². The standard InChI is InChI=1S/C21H20N4O2S/c1-13-14(2)28-20-18(13)21(27)25(12-24-20)11-17(26)22-10-8-16-6-3-5-15-7-4-9-23-19(15)16/h3-7,9,12H,8,10-11H2,1-2H3,(H,22,26). The Bertz CT molecular complexity index is 1240. The lowest BCUT2D eigenvalue weighted by Crippen LogP contribution is -2.33. The monoisotopic (exact) mass is 392 g/mol. The van der Waals surface area contributed by atoms with Crippen LogP contribution in [0.5, 0.6) is 0 Å². The summed E-state index contributed by atoms with van der Waals surface area (Å²) >= 11 is 1.50. The molecule has 0 saturated carbocycles. The number of hydrogen-bond acceptors (Lipinski definition) is 5. The van der Waals surface area contributed by atoms with Crippen molar-refractivity contribution in [2.75, 3.05) is 6.54 Å². The first-order chi connectivity index (χ1) is 13.5. The summed E-state index contributed by atoms with van der Waals surface area (Å²) in [6.07, 6.45) is 3.90. The fourth-order valence-corrected chi connectivity index (χ4v) is 4.29. The Morgan fingerprint density at radius 2 is 2.00 bits per heavy atom. The fourth-order valence-electron chi connectivity index (χ4n) is 3.30. The molecule has 0 saturated heterocycles. The Kier molecular flexibility index (Phi) is 4.92. The maximum atomic E-state index is 12.7. The van der Waals surface area contributed by atoms with E-state index in [1.165, 1.54) is 22.2 Å². The molecule has 0 unspecified atom stereocenters. The molecule has 1 N–H and O–H groups in total. The van der Waals surface area contributed by atoms with E-state index in [1.54, 1.807) is 6.20 Å². The smallest absolute Gasteiger partial charge is 0.262 e. The van der Waals surface area contributed by atoms with E-state index in [0.717, 1.165) is 31.7 Å². The first kappa shape index (κ1) is 18.3. The minimum atomic E-state index is -0.207. The summed E-state index contributed by atoms with van der Waals surface area (Å²) in [6, 6.07) is 9.97. The Hall–Kier alpha value is -3.06.